The topological polar surface area (TPSA) is 29.1 Å². The lowest BCUT2D eigenvalue weighted by Gasteiger charge is -2.26. The van der Waals surface area contributed by atoms with Crippen LogP contribution in [0.4, 0.5) is 0 Å². The van der Waals surface area contributed by atoms with Crippen LogP contribution >= 0.6 is 0 Å². The Labute approximate surface area is 142 Å². The summed E-state index contributed by atoms with van der Waals surface area (Å²) in [5.41, 5.74) is 2.75. The van der Waals surface area contributed by atoms with Gasteiger partial charge in [-0.15, -0.1) is 0 Å². The lowest BCUT2D eigenvalue weighted by molar-refractivity contribution is -0.122. The molecule has 1 aliphatic carbocycles. The Balaban J connectivity index is 1.61. The van der Waals surface area contributed by atoms with Crippen molar-refractivity contribution in [2.24, 2.45) is 0 Å². The first-order chi connectivity index (χ1) is 11.3. The third-order valence-electron chi connectivity index (χ3n) is 4.96. The van der Waals surface area contributed by atoms with Crippen molar-refractivity contribution in [3.05, 3.63) is 35.4 Å². The molecular formula is C21H33NO. The lowest BCUT2D eigenvalue weighted by atomic mass is 9.87. The second-order valence-electron chi connectivity index (χ2n) is 6.94. The highest BCUT2D eigenvalue weighted by atomic mass is 16.1. The Morgan fingerprint density at radius 3 is 2.52 bits per heavy atom. The van der Waals surface area contributed by atoms with Gasteiger partial charge in [-0.2, -0.15) is 0 Å². The average molecular weight is 316 g/mol. The number of fused-ring (bicyclic) bond motifs is 1. The number of aryl methyl sites for hydroxylation is 1. The molecule has 1 aromatic carbocycles. The van der Waals surface area contributed by atoms with Crippen molar-refractivity contribution in [1.82, 2.24) is 5.32 Å². The molecule has 1 aliphatic rings. The molecule has 1 atom stereocenters. The molecule has 1 amide bonds. The summed E-state index contributed by atoms with van der Waals surface area (Å²) in [6, 6.07) is 8.80. The van der Waals surface area contributed by atoms with E-state index in [1.807, 2.05) is 0 Å². The molecule has 0 saturated heterocycles. The molecular weight excluding hydrogens is 282 g/mol. The van der Waals surface area contributed by atoms with Crippen LogP contribution in [0, 0.1) is 0 Å². The lowest BCUT2D eigenvalue weighted by Crippen LogP contribution is -2.30. The Hall–Kier alpha value is -1.31. The molecule has 2 rings (SSSR count). The van der Waals surface area contributed by atoms with E-state index in [0.29, 0.717) is 6.42 Å². The van der Waals surface area contributed by atoms with Gasteiger partial charge in [0.1, 0.15) is 0 Å². The van der Waals surface area contributed by atoms with Gasteiger partial charge in [-0.05, 0) is 36.8 Å². The summed E-state index contributed by atoms with van der Waals surface area (Å²) in [5.74, 6) is 0.234. The van der Waals surface area contributed by atoms with E-state index in [-0.39, 0.29) is 11.9 Å². The van der Waals surface area contributed by atoms with E-state index in [1.54, 1.807) is 0 Å². The monoisotopic (exact) mass is 315 g/mol. The van der Waals surface area contributed by atoms with Gasteiger partial charge in [0, 0.05) is 6.42 Å². The van der Waals surface area contributed by atoms with Gasteiger partial charge >= 0.3 is 0 Å². The second kappa shape index (κ2) is 10.5. The molecule has 0 aliphatic heterocycles. The second-order valence-corrected chi connectivity index (χ2v) is 6.94. The van der Waals surface area contributed by atoms with E-state index in [2.05, 4.69) is 36.5 Å². The van der Waals surface area contributed by atoms with Crippen molar-refractivity contribution >= 4 is 5.91 Å². The van der Waals surface area contributed by atoms with Crippen LogP contribution in [0.25, 0.3) is 0 Å². The highest BCUT2D eigenvalue weighted by Gasteiger charge is 2.20. The molecule has 0 bridgehead atoms. The molecule has 2 heteroatoms. The zero-order chi connectivity index (χ0) is 16.3. The number of benzene rings is 1. The summed E-state index contributed by atoms with van der Waals surface area (Å²) < 4.78 is 0. The molecule has 1 N–H and O–H groups in total. The number of nitrogens with one attached hydrogen (secondary N) is 1. The summed E-state index contributed by atoms with van der Waals surface area (Å²) in [6.45, 7) is 2.25. The molecule has 0 saturated carbocycles. The maximum absolute atomic E-state index is 12.2. The zero-order valence-corrected chi connectivity index (χ0v) is 14.8. The Kier molecular flexibility index (Phi) is 8.20. The number of carbonyl (C=O) groups excluding carboxylic acids is 1. The number of carbonyl (C=O) groups is 1. The zero-order valence-electron chi connectivity index (χ0n) is 14.8. The van der Waals surface area contributed by atoms with E-state index >= 15 is 0 Å². The minimum absolute atomic E-state index is 0.234. The van der Waals surface area contributed by atoms with Gasteiger partial charge in [0.15, 0.2) is 0 Å². The third-order valence-corrected chi connectivity index (χ3v) is 4.96. The predicted molar refractivity (Wildman–Crippen MR) is 97.5 cm³/mol. The largest absolute Gasteiger partial charge is 0.349 e. The minimum atomic E-state index is 0.234. The number of hydrogen-bond acceptors (Lipinski definition) is 1. The molecule has 0 heterocycles. The quantitative estimate of drug-likeness (QED) is 0.550. The first-order valence-electron chi connectivity index (χ1n) is 9.68. The molecule has 0 radical (unpaired) electrons. The third kappa shape index (κ3) is 6.37. The highest BCUT2D eigenvalue weighted by Crippen LogP contribution is 2.29. The Morgan fingerprint density at radius 1 is 1.04 bits per heavy atom. The van der Waals surface area contributed by atoms with Crippen LogP contribution in [0.5, 0.6) is 0 Å². The molecule has 1 unspecified atom stereocenters. The van der Waals surface area contributed by atoms with Crippen molar-refractivity contribution in [2.45, 2.75) is 90.0 Å². The van der Waals surface area contributed by atoms with Crippen LogP contribution in [0.1, 0.15) is 94.7 Å². The molecule has 0 spiro atoms. The molecule has 0 fully saturated rings. The van der Waals surface area contributed by atoms with Crippen molar-refractivity contribution in [1.29, 1.82) is 0 Å². The van der Waals surface area contributed by atoms with E-state index in [9.17, 15) is 4.79 Å². The van der Waals surface area contributed by atoms with Gasteiger partial charge < -0.3 is 5.32 Å². The van der Waals surface area contributed by atoms with Crippen LogP contribution in [0.15, 0.2) is 24.3 Å². The summed E-state index contributed by atoms with van der Waals surface area (Å²) in [4.78, 5) is 12.2. The first-order valence-corrected chi connectivity index (χ1v) is 9.68. The number of hydrogen-bond donors (Lipinski definition) is 1. The number of amides is 1. The van der Waals surface area contributed by atoms with Gasteiger partial charge in [0.2, 0.25) is 5.91 Å². The van der Waals surface area contributed by atoms with Gasteiger partial charge in [0.25, 0.3) is 0 Å². The smallest absolute Gasteiger partial charge is 0.220 e. The fourth-order valence-corrected chi connectivity index (χ4v) is 3.59. The summed E-state index contributed by atoms with van der Waals surface area (Å²) >= 11 is 0. The van der Waals surface area contributed by atoms with Crippen LogP contribution in [-0.4, -0.2) is 5.91 Å². The molecule has 1 aromatic rings. The van der Waals surface area contributed by atoms with Crippen molar-refractivity contribution in [3.8, 4) is 0 Å². The predicted octanol–water partition coefficient (Wildman–Crippen LogP) is 5.71. The van der Waals surface area contributed by atoms with E-state index in [0.717, 1.165) is 19.3 Å². The van der Waals surface area contributed by atoms with Gasteiger partial charge in [0.05, 0.1) is 6.04 Å². The maximum Gasteiger partial charge on any atom is 0.220 e. The van der Waals surface area contributed by atoms with Gasteiger partial charge in [-0.1, -0.05) is 76.1 Å². The molecule has 23 heavy (non-hydrogen) atoms. The molecule has 2 nitrogen and oxygen atoms in total. The highest BCUT2D eigenvalue weighted by molar-refractivity contribution is 5.76. The van der Waals surface area contributed by atoms with E-state index in [1.165, 1.54) is 62.5 Å². The van der Waals surface area contributed by atoms with Crippen molar-refractivity contribution < 1.29 is 4.79 Å². The van der Waals surface area contributed by atoms with Crippen LogP contribution < -0.4 is 5.32 Å². The number of rotatable bonds is 10. The van der Waals surface area contributed by atoms with Crippen LogP contribution in [0.3, 0.4) is 0 Å². The summed E-state index contributed by atoms with van der Waals surface area (Å²) in [7, 11) is 0. The Morgan fingerprint density at radius 2 is 1.74 bits per heavy atom. The van der Waals surface area contributed by atoms with Crippen LogP contribution in [0.2, 0.25) is 0 Å². The Bertz CT molecular complexity index is 469. The van der Waals surface area contributed by atoms with Crippen LogP contribution in [-0.2, 0) is 11.2 Å². The standard InChI is InChI=1S/C21H33NO/c1-2-3-4-5-6-7-8-9-17-21(23)22-20-16-12-14-18-13-10-11-15-19(18)20/h10-11,13,15,20H,2-9,12,14,16-17H2,1H3,(H,22,23). The van der Waals surface area contributed by atoms with E-state index < -0.39 is 0 Å². The maximum atomic E-state index is 12.2. The first kappa shape index (κ1) is 18.0. The normalized spacial score (nSPS) is 16.8. The summed E-state index contributed by atoms with van der Waals surface area (Å²) in [6.07, 6.45) is 14.4. The van der Waals surface area contributed by atoms with Gasteiger partial charge in [-0.3, -0.25) is 4.79 Å². The molecule has 0 aromatic heterocycles. The summed E-state index contributed by atoms with van der Waals surface area (Å²) in [5, 5.41) is 3.25. The van der Waals surface area contributed by atoms with E-state index in [4.69, 9.17) is 0 Å². The van der Waals surface area contributed by atoms with Crippen molar-refractivity contribution in [2.75, 3.05) is 0 Å². The SMILES string of the molecule is CCCCCCCCCCC(=O)NC1CCCc2ccccc21. The fraction of sp³-hybridized carbons (Fsp3) is 0.667. The minimum Gasteiger partial charge on any atom is -0.349 e. The van der Waals surface area contributed by atoms with Crippen molar-refractivity contribution in [3.63, 3.8) is 0 Å². The average Bonchev–Trinajstić information content (AvgIpc) is 2.57. The molecule has 128 valence electrons. The number of unbranched alkanes of at least 4 members (excludes halogenated alkanes) is 7. The fourth-order valence-electron chi connectivity index (χ4n) is 3.59. The van der Waals surface area contributed by atoms with Gasteiger partial charge in [-0.25, -0.2) is 0 Å².